The predicted molar refractivity (Wildman–Crippen MR) is 143 cm³/mol. The number of aromatic hydroxyl groups is 1. The molecule has 0 aliphatic carbocycles. The largest absolute Gasteiger partial charge is 0.508 e. The molecule has 2 unspecified atom stereocenters. The lowest BCUT2D eigenvalue weighted by Crippen LogP contribution is -2.57. The Hall–Kier alpha value is -3.89. The average Bonchev–Trinajstić information content (AvgIpc) is 2.91. The zero-order chi connectivity index (χ0) is 29.0. The fourth-order valence-electron chi connectivity index (χ4n) is 5.13. The zero-order valence-corrected chi connectivity index (χ0v) is 22.0. The number of nitrogens with zero attached hydrogens (tertiary/aromatic N) is 1. The van der Waals surface area contributed by atoms with Gasteiger partial charge >= 0.3 is 6.18 Å². The van der Waals surface area contributed by atoms with E-state index < -0.39 is 53.9 Å². The number of hydrogen-bond acceptors (Lipinski definition) is 5. The minimum atomic E-state index is -4.76. The molecule has 1 heterocycles. The maximum absolute atomic E-state index is 13.7. The molecule has 3 atom stereocenters. The molecule has 3 aromatic carbocycles. The monoisotopic (exact) mass is 555 g/mol. The molecule has 1 aliphatic rings. The summed E-state index contributed by atoms with van der Waals surface area (Å²) in [5.74, 6) is -1.69. The first-order valence-electron chi connectivity index (χ1n) is 13.0. The van der Waals surface area contributed by atoms with Crippen LogP contribution in [0.4, 0.5) is 13.2 Å². The van der Waals surface area contributed by atoms with Crippen LogP contribution in [0.5, 0.6) is 5.75 Å². The highest BCUT2D eigenvalue weighted by molar-refractivity contribution is 5.90. The number of amides is 2. The van der Waals surface area contributed by atoms with E-state index in [1.165, 1.54) is 17.9 Å². The molecule has 10 heteroatoms. The Morgan fingerprint density at radius 3 is 2.38 bits per heavy atom. The normalized spacial score (nSPS) is 16.6. The number of aliphatic hydroxyl groups excluding tert-OH is 1. The van der Waals surface area contributed by atoms with Crippen LogP contribution in [0.3, 0.4) is 0 Å². The molecule has 0 spiro atoms. The van der Waals surface area contributed by atoms with Gasteiger partial charge in [0.15, 0.2) is 0 Å². The Morgan fingerprint density at radius 1 is 1.05 bits per heavy atom. The van der Waals surface area contributed by atoms with Gasteiger partial charge in [0, 0.05) is 25.9 Å². The lowest BCUT2D eigenvalue weighted by Gasteiger charge is -2.37. The molecule has 0 saturated heterocycles. The fraction of sp³-hybridized carbons (Fsp3) is 0.333. The Labute approximate surface area is 230 Å². The minimum absolute atomic E-state index is 0.0401. The highest BCUT2D eigenvalue weighted by Gasteiger charge is 2.39. The van der Waals surface area contributed by atoms with E-state index in [0.29, 0.717) is 12.5 Å². The van der Waals surface area contributed by atoms with Gasteiger partial charge in [0.25, 0.3) is 0 Å². The van der Waals surface area contributed by atoms with Gasteiger partial charge in [-0.05, 0) is 53.3 Å². The van der Waals surface area contributed by atoms with Crippen molar-refractivity contribution < 1.29 is 33.0 Å². The van der Waals surface area contributed by atoms with Crippen LogP contribution in [0, 0.1) is 6.92 Å². The Morgan fingerprint density at radius 2 is 1.70 bits per heavy atom. The van der Waals surface area contributed by atoms with Gasteiger partial charge in [0.1, 0.15) is 11.8 Å². The van der Waals surface area contributed by atoms with Gasteiger partial charge in [-0.15, -0.1) is 0 Å². The number of carbonyl (C=O) groups is 2. The summed E-state index contributed by atoms with van der Waals surface area (Å²) in [5, 5.41) is 22.9. The molecule has 3 aromatic rings. The number of nitrogens with one attached hydrogen (secondary N) is 1. The lowest BCUT2D eigenvalue weighted by atomic mass is 9.91. The Balaban J connectivity index is 1.53. The van der Waals surface area contributed by atoms with E-state index >= 15 is 0 Å². The van der Waals surface area contributed by atoms with Gasteiger partial charge in [-0.25, -0.2) is 0 Å². The summed E-state index contributed by atoms with van der Waals surface area (Å²) in [7, 11) is 0. The summed E-state index contributed by atoms with van der Waals surface area (Å²) >= 11 is 0. The first-order chi connectivity index (χ1) is 18.9. The van der Waals surface area contributed by atoms with Crippen molar-refractivity contribution in [3.63, 3.8) is 0 Å². The van der Waals surface area contributed by atoms with Crippen LogP contribution in [0.1, 0.15) is 33.4 Å². The molecular formula is C30H32F3N3O4. The number of phenols is 1. The quantitative estimate of drug-likeness (QED) is 0.341. The number of nitrogens with two attached hydrogens (primary N) is 1. The van der Waals surface area contributed by atoms with Gasteiger partial charge in [-0.3, -0.25) is 9.59 Å². The molecule has 40 heavy (non-hydrogen) atoms. The molecule has 0 bridgehead atoms. The molecule has 0 saturated carbocycles. The average molecular weight is 556 g/mol. The van der Waals surface area contributed by atoms with E-state index in [0.717, 1.165) is 16.7 Å². The highest BCUT2D eigenvalue weighted by Crippen LogP contribution is 2.36. The number of aliphatic hydroxyl groups is 1. The molecule has 2 amide bonds. The molecular weight excluding hydrogens is 523 g/mol. The number of phenolic OH excluding ortho intramolecular Hbond substituents is 1. The second kappa shape index (κ2) is 12.1. The van der Waals surface area contributed by atoms with Crippen LogP contribution < -0.4 is 11.1 Å². The van der Waals surface area contributed by atoms with E-state index in [2.05, 4.69) is 5.32 Å². The first kappa shape index (κ1) is 29.1. The van der Waals surface area contributed by atoms with Crippen LogP contribution in [-0.4, -0.2) is 51.7 Å². The van der Waals surface area contributed by atoms with E-state index in [-0.39, 0.29) is 30.6 Å². The van der Waals surface area contributed by atoms with E-state index in [1.54, 1.807) is 6.07 Å². The number of rotatable bonds is 8. The summed E-state index contributed by atoms with van der Waals surface area (Å²) in [5.41, 5.74) is 7.70. The minimum Gasteiger partial charge on any atom is -0.508 e. The number of hydrogen-bond donors (Lipinski definition) is 4. The summed E-state index contributed by atoms with van der Waals surface area (Å²) in [4.78, 5) is 28.2. The Kier molecular flexibility index (Phi) is 8.80. The van der Waals surface area contributed by atoms with Crippen molar-refractivity contribution in [3.05, 3.63) is 100 Å². The maximum Gasteiger partial charge on any atom is 0.416 e. The second-order valence-corrected chi connectivity index (χ2v) is 10.1. The standard InChI is InChI=1S/C30H32F3N3O4/c1-18-11-22(37)14-25(30(31,32)33)24(18)15-26(34)29(40)36-17-21-10-6-5-9-20(21)13-27(36)28(39)35-16-23(38)12-19-7-3-2-4-8-19/h2-11,14,23,26-27,37-38H,12-13,15-17,34H2,1H3,(H,35,39)/t23?,26?,27-/m0/s1. The summed E-state index contributed by atoms with van der Waals surface area (Å²) in [6, 6.07) is 16.1. The summed E-state index contributed by atoms with van der Waals surface area (Å²) in [6.45, 7) is 1.44. The van der Waals surface area contributed by atoms with Crippen molar-refractivity contribution in [1.82, 2.24) is 10.2 Å². The third kappa shape index (κ3) is 6.81. The van der Waals surface area contributed by atoms with Gasteiger partial charge in [-0.2, -0.15) is 13.2 Å². The van der Waals surface area contributed by atoms with Gasteiger partial charge in [0.05, 0.1) is 17.7 Å². The molecule has 212 valence electrons. The highest BCUT2D eigenvalue weighted by atomic mass is 19.4. The molecule has 5 N–H and O–H groups in total. The van der Waals surface area contributed by atoms with Crippen molar-refractivity contribution in [2.24, 2.45) is 5.73 Å². The molecule has 0 aromatic heterocycles. The Bertz CT molecular complexity index is 1360. The van der Waals surface area contributed by atoms with Crippen LogP contribution in [0.2, 0.25) is 0 Å². The van der Waals surface area contributed by atoms with E-state index in [9.17, 15) is 33.0 Å². The van der Waals surface area contributed by atoms with Crippen molar-refractivity contribution in [3.8, 4) is 5.75 Å². The van der Waals surface area contributed by atoms with Crippen molar-refractivity contribution in [2.75, 3.05) is 6.54 Å². The molecule has 1 aliphatic heterocycles. The van der Waals surface area contributed by atoms with E-state index in [1.807, 2.05) is 48.5 Å². The maximum atomic E-state index is 13.7. The third-order valence-corrected chi connectivity index (χ3v) is 7.16. The fourth-order valence-corrected chi connectivity index (χ4v) is 5.13. The number of fused-ring (bicyclic) bond motifs is 1. The van der Waals surface area contributed by atoms with Crippen LogP contribution in [0.25, 0.3) is 0 Å². The summed E-state index contributed by atoms with van der Waals surface area (Å²) < 4.78 is 41.1. The van der Waals surface area contributed by atoms with Crippen LogP contribution in [-0.2, 0) is 41.6 Å². The van der Waals surface area contributed by atoms with Crippen LogP contribution in [0.15, 0.2) is 66.7 Å². The SMILES string of the molecule is Cc1cc(O)cc(C(F)(F)F)c1CC(N)C(=O)N1Cc2ccccc2C[C@H]1C(=O)NCC(O)Cc1ccccc1. The van der Waals surface area contributed by atoms with Crippen molar-refractivity contribution in [2.45, 2.75) is 57.1 Å². The smallest absolute Gasteiger partial charge is 0.416 e. The second-order valence-electron chi connectivity index (χ2n) is 10.1. The molecule has 7 nitrogen and oxygen atoms in total. The van der Waals surface area contributed by atoms with Gasteiger partial charge < -0.3 is 26.2 Å². The van der Waals surface area contributed by atoms with Crippen LogP contribution >= 0.6 is 0 Å². The number of alkyl halides is 3. The molecule has 0 fully saturated rings. The van der Waals surface area contributed by atoms with E-state index in [4.69, 9.17) is 5.73 Å². The summed E-state index contributed by atoms with van der Waals surface area (Å²) in [6.07, 6.45) is -5.51. The third-order valence-electron chi connectivity index (χ3n) is 7.16. The molecule has 0 radical (unpaired) electrons. The van der Waals surface area contributed by atoms with Crippen molar-refractivity contribution in [1.29, 1.82) is 0 Å². The number of halogens is 3. The first-order valence-corrected chi connectivity index (χ1v) is 13.0. The number of aryl methyl sites for hydroxylation is 1. The lowest BCUT2D eigenvalue weighted by molar-refractivity contribution is -0.143. The zero-order valence-electron chi connectivity index (χ0n) is 22.0. The predicted octanol–water partition coefficient (Wildman–Crippen LogP) is 3.26. The topological polar surface area (TPSA) is 116 Å². The number of carbonyl (C=O) groups excluding carboxylic acids is 2. The van der Waals surface area contributed by atoms with Gasteiger partial charge in [0.2, 0.25) is 11.8 Å². The number of benzene rings is 3. The van der Waals surface area contributed by atoms with Crippen molar-refractivity contribution >= 4 is 11.8 Å². The van der Waals surface area contributed by atoms with Gasteiger partial charge in [-0.1, -0.05) is 54.6 Å². The molecule has 4 rings (SSSR count).